The number of terminal acetylenes is 2. The van der Waals surface area contributed by atoms with Crippen LogP contribution in [-0.4, -0.2) is 20.2 Å². The van der Waals surface area contributed by atoms with Gasteiger partial charge in [0.1, 0.15) is 5.56 Å². The maximum absolute atomic E-state index is 11.7. The van der Waals surface area contributed by atoms with Crippen molar-refractivity contribution in [1.82, 2.24) is 9.13 Å². The molecule has 0 saturated carbocycles. The molecular weight excluding hydrogens is 224 g/mol. The van der Waals surface area contributed by atoms with Crippen LogP contribution in [0.4, 0.5) is 0 Å². The third-order valence-electron chi connectivity index (χ3n) is 1.98. The van der Waals surface area contributed by atoms with Gasteiger partial charge in [-0.3, -0.25) is 9.36 Å². The summed E-state index contributed by atoms with van der Waals surface area (Å²) >= 11 is 0. The van der Waals surface area contributed by atoms with Crippen LogP contribution in [0, 0.1) is 24.7 Å². The fourth-order valence-electron chi connectivity index (χ4n) is 1.24. The number of nitrogens with zero attached hydrogens (tertiary/aromatic N) is 2. The minimum Gasteiger partial charge on any atom is -0.477 e. The monoisotopic (exact) mass is 232 g/mol. The molecule has 0 fully saturated rings. The molecule has 6 nitrogen and oxygen atoms in total. The smallest absolute Gasteiger partial charge is 0.342 e. The Morgan fingerprint density at radius 3 is 2.35 bits per heavy atom. The van der Waals surface area contributed by atoms with Crippen molar-refractivity contribution >= 4 is 5.97 Å². The second kappa shape index (κ2) is 4.86. The number of carboxylic acid groups (broad SMARTS) is 1. The number of carboxylic acids is 1. The summed E-state index contributed by atoms with van der Waals surface area (Å²) in [6.07, 6.45) is 11.0. The van der Waals surface area contributed by atoms with E-state index in [0.29, 0.717) is 4.57 Å². The Hall–Kier alpha value is -2.73. The molecule has 1 rings (SSSR count). The van der Waals surface area contributed by atoms with Crippen molar-refractivity contribution in [1.29, 1.82) is 0 Å². The Balaban J connectivity index is 3.66. The van der Waals surface area contributed by atoms with E-state index in [4.69, 9.17) is 18.0 Å². The van der Waals surface area contributed by atoms with E-state index in [1.165, 1.54) is 0 Å². The summed E-state index contributed by atoms with van der Waals surface area (Å²) < 4.78 is 1.60. The van der Waals surface area contributed by atoms with E-state index in [9.17, 15) is 14.4 Å². The molecule has 0 aliphatic carbocycles. The number of aromatic nitrogens is 2. The molecule has 1 aromatic heterocycles. The Morgan fingerprint density at radius 1 is 1.29 bits per heavy atom. The van der Waals surface area contributed by atoms with E-state index < -0.39 is 22.8 Å². The first-order valence-electron chi connectivity index (χ1n) is 4.47. The summed E-state index contributed by atoms with van der Waals surface area (Å²) in [7, 11) is 0. The lowest BCUT2D eigenvalue weighted by atomic mass is 10.3. The van der Waals surface area contributed by atoms with Crippen LogP contribution in [0.15, 0.2) is 15.8 Å². The number of hydrogen-bond acceptors (Lipinski definition) is 3. The van der Waals surface area contributed by atoms with Gasteiger partial charge in [0, 0.05) is 6.20 Å². The number of carbonyl (C=O) groups is 1. The summed E-state index contributed by atoms with van der Waals surface area (Å²) in [6.45, 7) is -0.437. The van der Waals surface area contributed by atoms with Gasteiger partial charge in [0.25, 0.3) is 5.56 Å². The van der Waals surface area contributed by atoms with Crippen LogP contribution in [0.1, 0.15) is 10.4 Å². The van der Waals surface area contributed by atoms with Gasteiger partial charge in [-0.1, -0.05) is 11.8 Å². The molecule has 0 aliphatic rings. The molecule has 0 aliphatic heterocycles. The van der Waals surface area contributed by atoms with Crippen LogP contribution in [0.5, 0.6) is 0 Å². The number of aromatic carboxylic acids is 1. The summed E-state index contributed by atoms with van der Waals surface area (Å²) in [4.78, 5) is 34.1. The third-order valence-corrected chi connectivity index (χ3v) is 1.98. The van der Waals surface area contributed by atoms with Crippen LogP contribution in [-0.2, 0) is 13.1 Å². The molecule has 0 aromatic carbocycles. The molecular formula is C11H8N2O4. The van der Waals surface area contributed by atoms with E-state index in [-0.39, 0.29) is 13.1 Å². The molecule has 0 amide bonds. The van der Waals surface area contributed by atoms with Gasteiger partial charge in [-0.2, -0.15) is 0 Å². The molecule has 0 radical (unpaired) electrons. The molecule has 0 saturated heterocycles. The molecule has 17 heavy (non-hydrogen) atoms. The van der Waals surface area contributed by atoms with Crippen LogP contribution in [0.25, 0.3) is 0 Å². The zero-order chi connectivity index (χ0) is 13.0. The lowest BCUT2D eigenvalue weighted by Gasteiger charge is -2.07. The van der Waals surface area contributed by atoms with Gasteiger partial charge in [0.05, 0.1) is 13.1 Å². The van der Waals surface area contributed by atoms with Crippen LogP contribution >= 0.6 is 0 Å². The van der Waals surface area contributed by atoms with Crippen molar-refractivity contribution < 1.29 is 9.90 Å². The van der Waals surface area contributed by atoms with Crippen molar-refractivity contribution in [3.8, 4) is 24.7 Å². The van der Waals surface area contributed by atoms with Gasteiger partial charge in [-0.15, -0.1) is 12.8 Å². The van der Waals surface area contributed by atoms with E-state index in [2.05, 4.69) is 11.8 Å². The quantitative estimate of drug-likeness (QED) is 0.676. The molecule has 86 valence electrons. The van der Waals surface area contributed by atoms with Gasteiger partial charge in [-0.05, 0) is 0 Å². The zero-order valence-corrected chi connectivity index (χ0v) is 8.71. The first kappa shape index (κ1) is 12.3. The zero-order valence-electron chi connectivity index (χ0n) is 8.71. The van der Waals surface area contributed by atoms with Gasteiger partial charge in [-0.25, -0.2) is 14.2 Å². The average molecular weight is 232 g/mol. The van der Waals surface area contributed by atoms with Gasteiger partial charge in [0.2, 0.25) is 0 Å². The Labute approximate surface area is 96.1 Å². The first-order chi connectivity index (χ1) is 8.02. The topological polar surface area (TPSA) is 81.3 Å². The van der Waals surface area contributed by atoms with Crippen LogP contribution in [0.2, 0.25) is 0 Å². The highest BCUT2D eigenvalue weighted by Gasteiger charge is 2.15. The Kier molecular flexibility index (Phi) is 3.53. The van der Waals surface area contributed by atoms with E-state index in [1.807, 2.05) is 0 Å². The highest BCUT2D eigenvalue weighted by Crippen LogP contribution is 1.90. The minimum absolute atomic E-state index is 0.135. The second-order valence-electron chi connectivity index (χ2n) is 3.06. The average Bonchev–Trinajstić information content (AvgIpc) is 2.27. The van der Waals surface area contributed by atoms with Crippen molar-refractivity contribution in [2.45, 2.75) is 13.1 Å². The summed E-state index contributed by atoms with van der Waals surface area (Å²) in [5.41, 5.74) is -2.21. The second-order valence-corrected chi connectivity index (χ2v) is 3.06. The summed E-state index contributed by atoms with van der Waals surface area (Å²) in [6, 6.07) is 0. The van der Waals surface area contributed by atoms with Crippen molar-refractivity contribution in [3.05, 3.63) is 32.6 Å². The minimum atomic E-state index is -1.44. The highest BCUT2D eigenvalue weighted by atomic mass is 16.4. The predicted molar refractivity (Wildman–Crippen MR) is 59.6 cm³/mol. The lowest BCUT2D eigenvalue weighted by molar-refractivity contribution is 0.0693. The number of rotatable bonds is 3. The fourth-order valence-corrected chi connectivity index (χ4v) is 1.24. The van der Waals surface area contributed by atoms with Gasteiger partial charge < -0.3 is 5.11 Å². The van der Waals surface area contributed by atoms with Crippen molar-refractivity contribution in [2.75, 3.05) is 0 Å². The first-order valence-corrected chi connectivity index (χ1v) is 4.47. The van der Waals surface area contributed by atoms with E-state index >= 15 is 0 Å². The number of hydrogen-bond donors (Lipinski definition) is 1. The largest absolute Gasteiger partial charge is 0.477 e. The molecule has 0 unspecified atom stereocenters. The summed E-state index contributed by atoms with van der Waals surface area (Å²) in [5.74, 6) is 2.85. The maximum Gasteiger partial charge on any atom is 0.342 e. The molecule has 0 spiro atoms. The molecule has 1 heterocycles. The normalized spacial score (nSPS) is 9.29. The molecule has 1 aromatic rings. The van der Waals surface area contributed by atoms with Crippen LogP contribution < -0.4 is 11.2 Å². The Bertz CT molecular complexity index is 652. The molecule has 0 bridgehead atoms. The predicted octanol–water partition coefficient (Wildman–Crippen LogP) is -1.03. The van der Waals surface area contributed by atoms with E-state index in [0.717, 1.165) is 10.8 Å². The van der Waals surface area contributed by atoms with Gasteiger partial charge >= 0.3 is 11.7 Å². The Morgan fingerprint density at radius 2 is 1.88 bits per heavy atom. The maximum atomic E-state index is 11.7. The standard InChI is InChI=1S/C11H8N2O4/c1-3-5-12-7-8(10(15)16)9(14)13(6-4-2)11(12)17/h1-2,7H,5-6H2,(H,15,16). The molecule has 0 atom stereocenters. The lowest BCUT2D eigenvalue weighted by Crippen LogP contribution is -2.42. The van der Waals surface area contributed by atoms with Crippen molar-refractivity contribution in [2.24, 2.45) is 0 Å². The van der Waals surface area contributed by atoms with Crippen molar-refractivity contribution in [3.63, 3.8) is 0 Å². The van der Waals surface area contributed by atoms with Gasteiger partial charge in [0.15, 0.2) is 0 Å². The molecule has 6 heteroatoms. The highest BCUT2D eigenvalue weighted by molar-refractivity contribution is 5.86. The fraction of sp³-hybridized carbons (Fsp3) is 0.182. The summed E-state index contributed by atoms with van der Waals surface area (Å²) in [5, 5.41) is 8.81. The molecule has 1 N–H and O–H groups in total. The third kappa shape index (κ3) is 2.27. The SMILES string of the molecule is C#CCn1cc(C(=O)O)c(=O)n(CC#C)c1=O. The van der Waals surface area contributed by atoms with Crippen LogP contribution in [0.3, 0.4) is 0 Å². The van der Waals surface area contributed by atoms with E-state index in [1.54, 1.807) is 0 Å².